The van der Waals surface area contributed by atoms with E-state index in [1.165, 1.54) is 0 Å². The minimum Gasteiger partial charge on any atom is -0.481 e. The van der Waals surface area contributed by atoms with Gasteiger partial charge >= 0.3 is 12.0 Å². The number of urea groups is 1. The van der Waals surface area contributed by atoms with E-state index >= 15 is 0 Å². The SMILES string of the molecule is Cc1cccc(C)c1NC(=O)Nc1cc2ccccc2cc1C(=O)NCCCC(=O)O. The largest absolute Gasteiger partial charge is 0.481 e. The molecule has 160 valence electrons. The van der Waals surface area contributed by atoms with Gasteiger partial charge in [0.2, 0.25) is 0 Å². The molecule has 0 unspecified atom stereocenters. The highest BCUT2D eigenvalue weighted by Crippen LogP contribution is 2.25. The summed E-state index contributed by atoms with van der Waals surface area (Å²) in [5.74, 6) is -1.29. The number of nitrogens with one attached hydrogen (secondary N) is 3. The van der Waals surface area contributed by atoms with E-state index in [9.17, 15) is 14.4 Å². The molecule has 0 saturated carbocycles. The lowest BCUT2D eigenvalue weighted by molar-refractivity contribution is -0.137. The van der Waals surface area contributed by atoms with Gasteiger partial charge in [0.1, 0.15) is 0 Å². The third kappa shape index (κ3) is 5.60. The quantitative estimate of drug-likeness (QED) is 0.417. The molecule has 0 bridgehead atoms. The van der Waals surface area contributed by atoms with Gasteiger partial charge in [-0.25, -0.2) is 4.79 Å². The second-order valence-corrected chi connectivity index (χ2v) is 7.34. The van der Waals surface area contributed by atoms with E-state index in [-0.39, 0.29) is 18.9 Å². The van der Waals surface area contributed by atoms with Crippen molar-refractivity contribution < 1.29 is 19.5 Å². The molecule has 0 spiro atoms. The van der Waals surface area contributed by atoms with E-state index < -0.39 is 12.0 Å². The van der Waals surface area contributed by atoms with Gasteiger partial charge in [-0.15, -0.1) is 0 Å². The van der Waals surface area contributed by atoms with Crippen LogP contribution in [0.4, 0.5) is 16.2 Å². The molecule has 0 aliphatic carbocycles. The molecule has 3 aromatic carbocycles. The maximum Gasteiger partial charge on any atom is 0.323 e. The molecule has 3 amide bonds. The van der Waals surface area contributed by atoms with Gasteiger partial charge in [-0.2, -0.15) is 0 Å². The summed E-state index contributed by atoms with van der Waals surface area (Å²) in [4.78, 5) is 36.2. The van der Waals surface area contributed by atoms with Crippen LogP contribution in [-0.2, 0) is 4.79 Å². The monoisotopic (exact) mass is 419 g/mol. The number of aryl methyl sites for hydroxylation is 2. The van der Waals surface area contributed by atoms with Crippen LogP contribution in [-0.4, -0.2) is 29.6 Å². The second-order valence-electron chi connectivity index (χ2n) is 7.34. The van der Waals surface area contributed by atoms with Crippen molar-refractivity contribution in [2.24, 2.45) is 0 Å². The number of amides is 3. The summed E-state index contributed by atoms with van der Waals surface area (Å²) in [5, 5.41) is 18.9. The molecule has 0 aromatic heterocycles. The molecular formula is C24H25N3O4. The van der Waals surface area contributed by atoms with Crippen LogP contribution in [0.15, 0.2) is 54.6 Å². The number of para-hydroxylation sites is 1. The lowest BCUT2D eigenvalue weighted by Crippen LogP contribution is -2.27. The van der Waals surface area contributed by atoms with Crippen molar-refractivity contribution in [3.05, 3.63) is 71.3 Å². The molecule has 0 radical (unpaired) electrons. The number of rotatable bonds is 7. The predicted octanol–water partition coefficient (Wildman–Crippen LogP) is 4.70. The normalized spacial score (nSPS) is 10.5. The van der Waals surface area contributed by atoms with Gasteiger partial charge in [-0.3, -0.25) is 9.59 Å². The third-order valence-corrected chi connectivity index (χ3v) is 4.95. The fourth-order valence-corrected chi connectivity index (χ4v) is 3.35. The summed E-state index contributed by atoms with van der Waals surface area (Å²) in [6, 6.07) is 16.3. The van der Waals surface area contributed by atoms with Gasteiger partial charge in [0, 0.05) is 18.7 Å². The van der Waals surface area contributed by atoms with Crippen LogP contribution in [0.25, 0.3) is 10.8 Å². The van der Waals surface area contributed by atoms with Gasteiger partial charge in [0.15, 0.2) is 0 Å². The minimum absolute atomic E-state index is 0.0265. The first-order valence-electron chi connectivity index (χ1n) is 10.0. The molecule has 7 heteroatoms. The summed E-state index contributed by atoms with van der Waals surface area (Å²) in [7, 11) is 0. The summed E-state index contributed by atoms with van der Waals surface area (Å²) in [5.41, 5.74) is 3.28. The number of hydrogen-bond acceptors (Lipinski definition) is 3. The van der Waals surface area contributed by atoms with Crippen LogP contribution in [0.1, 0.15) is 34.3 Å². The standard InChI is InChI=1S/C24H25N3O4/c1-15-7-5-8-16(2)22(15)27-24(31)26-20-14-18-10-4-3-9-17(18)13-19(20)23(30)25-12-6-11-21(28)29/h3-5,7-10,13-14H,6,11-12H2,1-2H3,(H,25,30)(H,28,29)(H2,26,27,31). The summed E-state index contributed by atoms with van der Waals surface area (Å²) in [6.45, 7) is 4.05. The Hall–Kier alpha value is -3.87. The molecule has 3 aromatic rings. The van der Waals surface area contributed by atoms with E-state index in [0.29, 0.717) is 17.7 Å². The Bertz CT molecular complexity index is 1120. The zero-order chi connectivity index (χ0) is 22.4. The van der Waals surface area contributed by atoms with Crippen LogP contribution in [0.5, 0.6) is 0 Å². The summed E-state index contributed by atoms with van der Waals surface area (Å²) >= 11 is 0. The molecule has 0 heterocycles. The molecule has 7 nitrogen and oxygen atoms in total. The van der Waals surface area contributed by atoms with E-state index in [4.69, 9.17) is 5.11 Å². The third-order valence-electron chi connectivity index (χ3n) is 4.95. The average Bonchev–Trinajstić information content (AvgIpc) is 2.73. The second kappa shape index (κ2) is 9.75. The molecule has 0 saturated heterocycles. The molecule has 0 aliphatic heterocycles. The Labute approximate surface area is 180 Å². The van der Waals surface area contributed by atoms with Crippen LogP contribution < -0.4 is 16.0 Å². The number of hydrogen-bond donors (Lipinski definition) is 4. The van der Waals surface area contributed by atoms with Crippen LogP contribution >= 0.6 is 0 Å². The highest BCUT2D eigenvalue weighted by molar-refractivity contribution is 6.09. The van der Waals surface area contributed by atoms with Gasteiger partial charge in [-0.05, 0) is 54.3 Å². The van der Waals surface area contributed by atoms with Crippen molar-refractivity contribution in [2.45, 2.75) is 26.7 Å². The smallest absolute Gasteiger partial charge is 0.323 e. The number of anilines is 2. The van der Waals surface area contributed by atoms with Crippen molar-refractivity contribution in [3.8, 4) is 0 Å². The highest BCUT2D eigenvalue weighted by atomic mass is 16.4. The first-order chi connectivity index (χ1) is 14.8. The molecule has 31 heavy (non-hydrogen) atoms. The van der Waals surface area contributed by atoms with E-state index in [1.54, 1.807) is 12.1 Å². The van der Waals surface area contributed by atoms with Gasteiger partial charge in [-0.1, -0.05) is 42.5 Å². The Morgan fingerprint density at radius 3 is 2.16 bits per heavy atom. The van der Waals surface area contributed by atoms with Crippen molar-refractivity contribution in [2.75, 3.05) is 17.2 Å². The predicted molar refractivity (Wildman–Crippen MR) is 122 cm³/mol. The summed E-state index contributed by atoms with van der Waals surface area (Å²) < 4.78 is 0. The van der Waals surface area contributed by atoms with Crippen molar-refractivity contribution in [1.29, 1.82) is 0 Å². The van der Waals surface area contributed by atoms with E-state index in [0.717, 1.165) is 27.6 Å². The topological polar surface area (TPSA) is 108 Å². The molecule has 0 fully saturated rings. The number of carbonyl (C=O) groups is 3. The number of fused-ring (bicyclic) bond motifs is 1. The Morgan fingerprint density at radius 1 is 0.871 bits per heavy atom. The number of carboxylic acid groups (broad SMARTS) is 1. The molecule has 3 rings (SSSR count). The molecular weight excluding hydrogens is 394 g/mol. The van der Waals surface area contributed by atoms with E-state index in [1.807, 2.05) is 56.3 Å². The Morgan fingerprint density at radius 2 is 1.52 bits per heavy atom. The number of carbonyl (C=O) groups excluding carboxylic acids is 2. The highest BCUT2D eigenvalue weighted by Gasteiger charge is 2.16. The van der Waals surface area contributed by atoms with E-state index in [2.05, 4.69) is 16.0 Å². The number of benzene rings is 3. The molecule has 0 atom stereocenters. The lowest BCUT2D eigenvalue weighted by Gasteiger charge is -2.15. The minimum atomic E-state index is -0.912. The number of carboxylic acids is 1. The molecule has 0 aliphatic rings. The van der Waals surface area contributed by atoms with Crippen LogP contribution in [0.3, 0.4) is 0 Å². The fraction of sp³-hybridized carbons (Fsp3) is 0.208. The van der Waals surface area contributed by atoms with Gasteiger partial charge in [0.05, 0.1) is 11.3 Å². The summed E-state index contributed by atoms with van der Waals surface area (Å²) in [6.07, 6.45) is 0.297. The maximum absolute atomic E-state index is 12.8. The van der Waals surface area contributed by atoms with Crippen LogP contribution in [0, 0.1) is 13.8 Å². The lowest BCUT2D eigenvalue weighted by atomic mass is 10.0. The van der Waals surface area contributed by atoms with Gasteiger partial charge in [0.25, 0.3) is 5.91 Å². The van der Waals surface area contributed by atoms with Crippen LogP contribution in [0.2, 0.25) is 0 Å². The van der Waals surface area contributed by atoms with Gasteiger partial charge < -0.3 is 21.1 Å². The van der Waals surface area contributed by atoms with Crippen molar-refractivity contribution >= 4 is 40.1 Å². The fourth-order valence-electron chi connectivity index (χ4n) is 3.35. The zero-order valence-corrected chi connectivity index (χ0v) is 17.5. The average molecular weight is 419 g/mol. The van der Waals surface area contributed by atoms with Crippen molar-refractivity contribution in [3.63, 3.8) is 0 Å². The Kier molecular flexibility index (Phi) is 6.87. The van der Waals surface area contributed by atoms with Crippen molar-refractivity contribution in [1.82, 2.24) is 5.32 Å². The molecule has 4 N–H and O–H groups in total. The Balaban J connectivity index is 1.83. The first-order valence-corrected chi connectivity index (χ1v) is 10.0. The maximum atomic E-state index is 12.8. The zero-order valence-electron chi connectivity index (χ0n) is 17.5. The number of aliphatic carboxylic acids is 1. The first kappa shape index (κ1) is 21.8.